The van der Waals surface area contributed by atoms with Crippen molar-refractivity contribution in [2.45, 2.75) is 0 Å². The molecule has 5 rings (SSSR count). The molecule has 0 atom stereocenters. The first-order valence-corrected chi connectivity index (χ1v) is 10.8. The number of aromatic nitrogens is 1. The lowest BCUT2D eigenvalue weighted by atomic mass is 10.0. The minimum Gasteiger partial charge on any atom is -0.309 e. The maximum atomic E-state index is 3.78. The Bertz CT molecular complexity index is 1270. The van der Waals surface area contributed by atoms with Crippen LogP contribution in [0.5, 0.6) is 0 Å². The van der Waals surface area contributed by atoms with Gasteiger partial charge in [-0.2, -0.15) is 0 Å². The third-order valence-corrected chi connectivity index (χ3v) is 5.99. The molecule has 0 aliphatic rings. The van der Waals surface area contributed by atoms with E-state index in [9.17, 15) is 0 Å². The molecular weight excluding hydrogens is 430 g/mol. The van der Waals surface area contributed by atoms with E-state index in [2.05, 4.69) is 142 Å². The smallest absolute Gasteiger partial charge is 0.0613 e. The summed E-state index contributed by atoms with van der Waals surface area (Å²) in [5, 5.41) is 0. The summed E-state index contributed by atoms with van der Waals surface area (Å²) < 4.78 is 3.46. The van der Waals surface area contributed by atoms with Gasteiger partial charge in [-0.05, 0) is 41.0 Å². The molecule has 0 saturated carbocycles. The molecule has 0 aliphatic carbocycles. The molecule has 0 fully saturated rings. The zero-order chi connectivity index (χ0) is 20.3. The lowest BCUT2D eigenvalue weighted by Gasteiger charge is -2.16. The highest BCUT2D eigenvalue weighted by Crippen LogP contribution is 2.43. The average molecular weight is 450 g/mol. The molecule has 5 aromatic rings. The zero-order valence-electron chi connectivity index (χ0n) is 16.4. The summed E-state index contributed by atoms with van der Waals surface area (Å²) >= 11 is 3.78. The summed E-state index contributed by atoms with van der Waals surface area (Å²) in [6.45, 7) is 0. The highest BCUT2D eigenvalue weighted by atomic mass is 79.9. The summed E-state index contributed by atoms with van der Waals surface area (Å²) in [6, 6.07) is 42.6. The van der Waals surface area contributed by atoms with E-state index in [-0.39, 0.29) is 0 Å². The maximum absolute atomic E-state index is 3.78. The predicted molar refractivity (Wildman–Crippen MR) is 130 cm³/mol. The van der Waals surface area contributed by atoms with E-state index in [0.29, 0.717) is 0 Å². The Balaban J connectivity index is 1.91. The molecule has 1 aromatic heterocycles. The van der Waals surface area contributed by atoms with Crippen LogP contribution in [0, 0.1) is 0 Å². The summed E-state index contributed by atoms with van der Waals surface area (Å²) in [7, 11) is 0. The molecule has 0 spiro atoms. The van der Waals surface area contributed by atoms with Crippen molar-refractivity contribution in [1.29, 1.82) is 0 Å². The molecule has 1 heterocycles. The van der Waals surface area contributed by atoms with Crippen LogP contribution in [-0.2, 0) is 0 Å². The summed E-state index contributed by atoms with van der Waals surface area (Å²) in [6.07, 6.45) is 0. The maximum Gasteiger partial charge on any atom is 0.0613 e. The largest absolute Gasteiger partial charge is 0.309 e. The van der Waals surface area contributed by atoms with Crippen molar-refractivity contribution in [3.05, 3.63) is 126 Å². The Kier molecular flexibility index (Phi) is 5.08. The fourth-order valence-corrected chi connectivity index (χ4v) is 4.44. The van der Waals surface area contributed by atoms with E-state index >= 15 is 0 Å². The second-order valence-electron chi connectivity index (χ2n) is 7.17. The van der Waals surface area contributed by atoms with Crippen LogP contribution in [0.25, 0.3) is 39.3 Å². The summed E-state index contributed by atoms with van der Waals surface area (Å²) in [5.74, 6) is 0. The van der Waals surface area contributed by atoms with Crippen LogP contribution in [0.1, 0.15) is 0 Å². The summed E-state index contributed by atoms with van der Waals surface area (Å²) in [4.78, 5) is 0. The van der Waals surface area contributed by atoms with Crippen molar-refractivity contribution in [2.75, 3.05) is 0 Å². The Morgan fingerprint density at radius 2 is 1.03 bits per heavy atom. The third-order valence-electron chi connectivity index (χ3n) is 5.30. The molecule has 2 heteroatoms. The topological polar surface area (TPSA) is 4.93 Å². The minimum atomic E-state index is 1.09. The molecule has 1 nitrogen and oxygen atoms in total. The van der Waals surface area contributed by atoms with Crippen molar-refractivity contribution in [3.8, 4) is 39.3 Å². The van der Waals surface area contributed by atoms with E-state index in [0.717, 1.165) is 10.2 Å². The van der Waals surface area contributed by atoms with E-state index < -0.39 is 0 Å². The first kappa shape index (κ1) is 18.7. The molecular formula is C28H20BrN. The van der Waals surface area contributed by atoms with Crippen LogP contribution in [0.15, 0.2) is 126 Å². The Morgan fingerprint density at radius 3 is 1.67 bits per heavy atom. The van der Waals surface area contributed by atoms with Gasteiger partial charge in [0.05, 0.1) is 11.4 Å². The lowest BCUT2D eigenvalue weighted by molar-refractivity contribution is 1.10. The van der Waals surface area contributed by atoms with Gasteiger partial charge in [0, 0.05) is 15.7 Å². The highest BCUT2D eigenvalue weighted by molar-refractivity contribution is 9.10. The average Bonchev–Trinajstić information content (AvgIpc) is 3.21. The van der Waals surface area contributed by atoms with Crippen LogP contribution in [0.2, 0.25) is 0 Å². The Labute approximate surface area is 185 Å². The molecule has 0 radical (unpaired) electrons. The van der Waals surface area contributed by atoms with Gasteiger partial charge in [0.2, 0.25) is 0 Å². The van der Waals surface area contributed by atoms with Gasteiger partial charge in [-0.3, -0.25) is 0 Å². The standard InChI is InChI=1S/C28H20BrN/c29-26-19-11-10-18-24(26)25-20-27(21-12-4-1-5-13-21)30(23-16-8-3-9-17-23)28(25)22-14-6-2-7-15-22/h1-20H. The van der Waals surface area contributed by atoms with Gasteiger partial charge < -0.3 is 4.57 Å². The van der Waals surface area contributed by atoms with Crippen molar-refractivity contribution < 1.29 is 0 Å². The molecule has 30 heavy (non-hydrogen) atoms. The van der Waals surface area contributed by atoms with E-state index in [1.54, 1.807) is 0 Å². The van der Waals surface area contributed by atoms with E-state index in [4.69, 9.17) is 0 Å². The van der Waals surface area contributed by atoms with Crippen molar-refractivity contribution in [3.63, 3.8) is 0 Å². The second-order valence-corrected chi connectivity index (χ2v) is 8.03. The SMILES string of the molecule is Brc1ccccc1-c1cc(-c2ccccc2)n(-c2ccccc2)c1-c1ccccc1. The number of hydrogen-bond acceptors (Lipinski definition) is 0. The molecule has 0 unspecified atom stereocenters. The fraction of sp³-hybridized carbons (Fsp3) is 0. The van der Waals surface area contributed by atoms with Gasteiger partial charge in [0.1, 0.15) is 0 Å². The molecule has 0 N–H and O–H groups in total. The number of nitrogens with zero attached hydrogens (tertiary/aromatic N) is 1. The number of halogens is 1. The highest BCUT2D eigenvalue weighted by Gasteiger charge is 2.21. The third kappa shape index (κ3) is 3.40. The van der Waals surface area contributed by atoms with Gasteiger partial charge >= 0.3 is 0 Å². The number of rotatable bonds is 4. The van der Waals surface area contributed by atoms with Gasteiger partial charge in [-0.1, -0.05) is 113 Å². The molecule has 0 amide bonds. The van der Waals surface area contributed by atoms with Crippen molar-refractivity contribution >= 4 is 15.9 Å². The second kappa shape index (κ2) is 8.17. The van der Waals surface area contributed by atoms with Crippen LogP contribution in [-0.4, -0.2) is 4.57 Å². The zero-order valence-corrected chi connectivity index (χ0v) is 18.0. The van der Waals surface area contributed by atoms with Gasteiger partial charge in [0.15, 0.2) is 0 Å². The van der Waals surface area contributed by atoms with Crippen LogP contribution in [0.3, 0.4) is 0 Å². The summed E-state index contributed by atoms with van der Waals surface area (Å²) in [5.41, 5.74) is 8.28. The fourth-order valence-electron chi connectivity index (χ4n) is 3.94. The monoisotopic (exact) mass is 449 g/mol. The van der Waals surface area contributed by atoms with Crippen molar-refractivity contribution in [2.24, 2.45) is 0 Å². The molecule has 0 saturated heterocycles. The van der Waals surface area contributed by atoms with Gasteiger partial charge in [-0.15, -0.1) is 0 Å². The minimum absolute atomic E-state index is 1.09. The van der Waals surface area contributed by atoms with Crippen LogP contribution < -0.4 is 0 Å². The Morgan fingerprint density at radius 1 is 0.500 bits per heavy atom. The normalized spacial score (nSPS) is 10.8. The first-order chi connectivity index (χ1) is 14.8. The van der Waals surface area contributed by atoms with Crippen molar-refractivity contribution in [1.82, 2.24) is 4.57 Å². The molecule has 4 aromatic carbocycles. The van der Waals surface area contributed by atoms with Crippen LogP contribution >= 0.6 is 15.9 Å². The first-order valence-electron chi connectivity index (χ1n) is 10.00. The van der Waals surface area contributed by atoms with Gasteiger partial charge in [0.25, 0.3) is 0 Å². The predicted octanol–water partition coefficient (Wildman–Crippen LogP) is 8.24. The molecule has 0 bridgehead atoms. The molecule has 144 valence electrons. The van der Waals surface area contributed by atoms with E-state index in [1.165, 1.54) is 33.6 Å². The Hall–Kier alpha value is -3.36. The number of para-hydroxylation sites is 1. The lowest BCUT2D eigenvalue weighted by Crippen LogP contribution is -1.99. The molecule has 0 aliphatic heterocycles. The number of benzene rings is 4. The van der Waals surface area contributed by atoms with E-state index in [1.807, 2.05) is 0 Å². The van der Waals surface area contributed by atoms with Crippen LogP contribution in [0.4, 0.5) is 0 Å². The van der Waals surface area contributed by atoms with Gasteiger partial charge in [-0.25, -0.2) is 0 Å². The number of hydrogen-bond donors (Lipinski definition) is 0. The quantitative estimate of drug-likeness (QED) is 0.260.